The van der Waals surface area contributed by atoms with Crippen molar-refractivity contribution >= 4 is 5.91 Å². The van der Waals surface area contributed by atoms with E-state index in [-0.39, 0.29) is 5.91 Å². The van der Waals surface area contributed by atoms with E-state index < -0.39 is 0 Å². The van der Waals surface area contributed by atoms with Gasteiger partial charge >= 0.3 is 0 Å². The molecule has 1 amide bonds. The van der Waals surface area contributed by atoms with E-state index >= 15 is 0 Å². The summed E-state index contributed by atoms with van der Waals surface area (Å²) in [6, 6.07) is 3.98. The number of carbonyl (C=O) groups is 1. The predicted molar refractivity (Wildman–Crippen MR) is 94.1 cm³/mol. The number of aryl methyl sites for hydroxylation is 1. The van der Waals surface area contributed by atoms with Crippen molar-refractivity contribution in [2.45, 2.75) is 51.5 Å². The van der Waals surface area contributed by atoms with Gasteiger partial charge in [-0.3, -0.25) is 14.5 Å². The van der Waals surface area contributed by atoms with Crippen LogP contribution in [0.2, 0.25) is 0 Å². The minimum Gasteiger partial charge on any atom is -0.352 e. The van der Waals surface area contributed by atoms with Crippen LogP contribution >= 0.6 is 0 Å². The van der Waals surface area contributed by atoms with E-state index in [9.17, 15) is 4.79 Å². The Morgan fingerprint density at radius 2 is 2.08 bits per heavy atom. The fraction of sp³-hybridized carbons (Fsp3) is 0.526. The number of rotatable bonds is 6. The van der Waals surface area contributed by atoms with Crippen LogP contribution in [0.3, 0.4) is 0 Å². The Bertz CT molecular complexity index is 656. The molecule has 3 rings (SSSR count). The summed E-state index contributed by atoms with van der Waals surface area (Å²) >= 11 is 0. The molecular formula is C19H26N4O. The first-order valence-electron chi connectivity index (χ1n) is 8.91. The number of hydrogen-bond acceptors (Lipinski definition) is 3. The standard InChI is InChI=1S/C19H26N4O/c1-23-14-17(13-22-23)18-9-7-16(11-20-18)12-21-19(24)10-8-15-5-3-2-4-6-15/h7,9,11,13-15H,2-6,8,10,12H2,1H3,(H,21,24). The van der Waals surface area contributed by atoms with Gasteiger partial charge in [0, 0.05) is 38.0 Å². The molecule has 5 nitrogen and oxygen atoms in total. The maximum atomic E-state index is 12.0. The van der Waals surface area contributed by atoms with Crippen LogP contribution in [0, 0.1) is 5.92 Å². The Hall–Kier alpha value is -2.17. The predicted octanol–water partition coefficient (Wildman–Crippen LogP) is 3.46. The quantitative estimate of drug-likeness (QED) is 0.884. The Balaban J connectivity index is 1.43. The van der Waals surface area contributed by atoms with E-state index in [0.717, 1.165) is 29.2 Å². The summed E-state index contributed by atoms with van der Waals surface area (Å²) in [6.45, 7) is 0.545. The van der Waals surface area contributed by atoms with Crippen LogP contribution in [0.25, 0.3) is 11.3 Å². The second-order valence-electron chi connectivity index (χ2n) is 6.77. The van der Waals surface area contributed by atoms with Crippen molar-refractivity contribution in [3.8, 4) is 11.3 Å². The molecule has 2 aromatic rings. The second kappa shape index (κ2) is 8.08. The molecule has 0 saturated heterocycles. The monoisotopic (exact) mass is 326 g/mol. The Kier molecular flexibility index (Phi) is 5.62. The summed E-state index contributed by atoms with van der Waals surface area (Å²) in [4.78, 5) is 16.5. The minimum atomic E-state index is 0.150. The molecule has 0 aromatic carbocycles. The van der Waals surface area contributed by atoms with Crippen molar-refractivity contribution in [3.05, 3.63) is 36.3 Å². The summed E-state index contributed by atoms with van der Waals surface area (Å²) in [7, 11) is 1.89. The van der Waals surface area contributed by atoms with Gasteiger partial charge in [-0.15, -0.1) is 0 Å². The van der Waals surface area contributed by atoms with Gasteiger partial charge < -0.3 is 5.32 Å². The lowest BCUT2D eigenvalue weighted by molar-refractivity contribution is -0.121. The van der Waals surface area contributed by atoms with Gasteiger partial charge in [0.05, 0.1) is 11.9 Å². The van der Waals surface area contributed by atoms with E-state index in [2.05, 4.69) is 15.4 Å². The third kappa shape index (κ3) is 4.66. The van der Waals surface area contributed by atoms with Crippen molar-refractivity contribution in [1.29, 1.82) is 0 Å². The number of pyridine rings is 1. The molecule has 0 radical (unpaired) electrons. The molecule has 2 aromatic heterocycles. The molecule has 0 bridgehead atoms. The lowest BCUT2D eigenvalue weighted by Crippen LogP contribution is -2.23. The van der Waals surface area contributed by atoms with Crippen molar-refractivity contribution in [3.63, 3.8) is 0 Å². The Morgan fingerprint density at radius 1 is 1.25 bits per heavy atom. The molecule has 1 saturated carbocycles. The SMILES string of the molecule is Cn1cc(-c2ccc(CNC(=O)CCC3CCCCC3)cn2)cn1. The van der Waals surface area contributed by atoms with Gasteiger partial charge in [0.15, 0.2) is 0 Å². The van der Waals surface area contributed by atoms with Crippen molar-refractivity contribution in [2.75, 3.05) is 0 Å². The zero-order chi connectivity index (χ0) is 16.8. The van der Waals surface area contributed by atoms with Gasteiger partial charge in [-0.2, -0.15) is 5.10 Å². The first kappa shape index (κ1) is 16.7. The Labute approximate surface area is 143 Å². The summed E-state index contributed by atoms with van der Waals surface area (Å²) in [5.41, 5.74) is 2.92. The second-order valence-corrected chi connectivity index (χ2v) is 6.77. The smallest absolute Gasteiger partial charge is 0.220 e. The molecule has 128 valence electrons. The summed E-state index contributed by atoms with van der Waals surface area (Å²) in [6.07, 6.45) is 13.9. The molecule has 1 N–H and O–H groups in total. The molecule has 0 unspecified atom stereocenters. The summed E-state index contributed by atoms with van der Waals surface area (Å²) < 4.78 is 1.76. The molecule has 0 spiro atoms. The van der Waals surface area contributed by atoms with Crippen LogP contribution in [-0.2, 0) is 18.4 Å². The molecule has 0 atom stereocenters. The maximum Gasteiger partial charge on any atom is 0.220 e. The zero-order valence-corrected chi connectivity index (χ0v) is 14.4. The van der Waals surface area contributed by atoms with Crippen LogP contribution in [0.15, 0.2) is 30.7 Å². The van der Waals surface area contributed by atoms with Gasteiger partial charge in [-0.25, -0.2) is 0 Å². The maximum absolute atomic E-state index is 12.0. The van der Waals surface area contributed by atoms with Crippen molar-refractivity contribution < 1.29 is 4.79 Å². The number of amides is 1. The normalized spacial score (nSPS) is 15.4. The van der Waals surface area contributed by atoms with E-state index in [1.54, 1.807) is 10.9 Å². The highest BCUT2D eigenvalue weighted by Gasteiger charge is 2.14. The number of aromatic nitrogens is 3. The number of nitrogens with zero attached hydrogens (tertiary/aromatic N) is 3. The number of nitrogens with one attached hydrogen (secondary N) is 1. The van der Waals surface area contributed by atoms with Gasteiger partial charge in [-0.05, 0) is 24.0 Å². The molecule has 1 aliphatic carbocycles. The fourth-order valence-corrected chi connectivity index (χ4v) is 3.35. The third-order valence-electron chi connectivity index (χ3n) is 4.82. The number of hydrogen-bond donors (Lipinski definition) is 1. The van der Waals surface area contributed by atoms with Gasteiger partial charge in [0.1, 0.15) is 0 Å². The third-order valence-corrected chi connectivity index (χ3v) is 4.82. The minimum absolute atomic E-state index is 0.150. The van der Waals surface area contributed by atoms with Gasteiger partial charge in [0.25, 0.3) is 0 Å². The highest BCUT2D eigenvalue weighted by Crippen LogP contribution is 2.27. The first-order chi connectivity index (χ1) is 11.7. The summed E-state index contributed by atoms with van der Waals surface area (Å²) in [5, 5.41) is 7.16. The molecule has 2 heterocycles. The van der Waals surface area contributed by atoms with Gasteiger partial charge in [-0.1, -0.05) is 38.2 Å². The summed E-state index contributed by atoms with van der Waals surface area (Å²) in [5.74, 6) is 0.904. The molecular weight excluding hydrogens is 300 g/mol. The van der Waals surface area contributed by atoms with Gasteiger partial charge in [0.2, 0.25) is 5.91 Å². The molecule has 1 fully saturated rings. The number of carbonyl (C=O) groups excluding carboxylic acids is 1. The fourth-order valence-electron chi connectivity index (χ4n) is 3.35. The van der Waals surface area contributed by atoms with E-state index in [1.165, 1.54) is 32.1 Å². The molecule has 24 heavy (non-hydrogen) atoms. The molecule has 0 aliphatic heterocycles. The average Bonchev–Trinajstić information content (AvgIpc) is 3.06. The van der Waals surface area contributed by atoms with E-state index in [1.807, 2.05) is 31.6 Å². The zero-order valence-electron chi connectivity index (χ0n) is 14.4. The van der Waals surface area contributed by atoms with Crippen LogP contribution < -0.4 is 5.32 Å². The topological polar surface area (TPSA) is 59.8 Å². The molecule has 5 heteroatoms. The average molecular weight is 326 g/mol. The lowest BCUT2D eigenvalue weighted by atomic mass is 9.86. The van der Waals surface area contributed by atoms with Crippen molar-refractivity contribution in [1.82, 2.24) is 20.1 Å². The highest BCUT2D eigenvalue weighted by atomic mass is 16.1. The largest absolute Gasteiger partial charge is 0.352 e. The van der Waals surface area contributed by atoms with E-state index in [0.29, 0.717) is 13.0 Å². The first-order valence-corrected chi connectivity index (χ1v) is 8.91. The molecule has 1 aliphatic rings. The highest BCUT2D eigenvalue weighted by molar-refractivity contribution is 5.75. The van der Waals surface area contributed by atoms with Crippen LogP contribution in [0.5, 0.6) is 0 Å². The lowest BCUT2D eigenvalue weighted by Gasteiger charge is -2.20. The van der Waals surface area contributed by atoms with Crippen LogP contribution in [-0.4, -0.2) is 20.7 Å². The van der Waals surface area contributed by atoms with Crippen LogP contribution in [0.1, 0.15) is 50.5 Å². The van der Waals surface area contributed by atoms with Crippen LogP contribution in [0.4, 0.5) is 0 Å². The Morgan fingerprint density at radius 3 is 2.75 bits per heavy atom. The van der Waals surface area contributed by atoms with Crippen molar-refractivity contribution in [2.24, 2.45) is 13.0 Å². The van der Waals surface area contributed by atoms with E-state index in [4.69, 9.17) is 0 Å².